The van der Waals surface area contributed by atoms with E-state index < -0.39 is 11.1 Å². The lowest BCUT2D eigenvalue weighted by molar-refractivity contribution is -0.384. The molecule has 1 N–H and O–H groups in total. The van der Waals surface area contributed by atoms with Gasteiger partial charge in [0.05, 0.1) is 17.7 Å². The summed E-state index contributed by atoms with van der Waals surface area (Å²) in [7, 11) is 0. The highest BCUT2D eigenvalue weighted by atomic mass is 32.2. The van der Waals surface area contributed by atoms with Crippen molar-refractivity contribution in [2.75, 3.05) is 18.2 Å². The zero-order valence-electron chi connectivity index (χ0n) is 13.8. The molecule has 0 unspecified atom stereocenters. The number of anilines is 2. The number of nitro benzene ring substituents is 1. The minimum absolute atomic E-state index is 0.00567. The number of hydrogen-bond acceptors (Lipinski definition) is 9. The fourth-order valence-electron chi connectivity index (χ4n) is 1.88. The van der Waals surface area contributed by atoms with Crippen molar-refractivity contribution in [1.29, 1.82) is 0 Å². The van der Waals surface area contributed by atoms with Crippen LogP contribution in [-0.4, -0.2) is 33.9 Å². The van der Waals surface area contributed by atoms with Gasteiger partial charge in [0.15, 0.2) is 16.7 Å². The maximum Gasteiger partial charge on any atom is 0.514 e. The third kappa shape index (κ3) is 4.80. The molecule has 132 valence electrons. The number of nitrogens with zero attached hydrogens (tertiary/aromatic N) is 3. The minimum atomic E-state index is -0.913. The molecule has 9 nitrogen and oxygen atoms in total. The smallest absolute Gasteiger partial charge is 0.434 e. The average molecular weight is 364 g/mol. The van der Waals surface area contributed by atoms with Crippen LogP contribution in [0.15, 0.2) is 29.6 Å². The maximum atomic E-state index is 11.6. The molecule has 0 aliphatic carbocycles. The van der Waals surface area contributed by atoms with Crippen LogP contribution in [0.4, 0.5) is 22.0 Å². The molecule has 0 aliphatic rings. The van der Waals surface area contributed by atoms with Gasteiger partial charge in [-0.15, -0.1) is 0 Å². The lowest BCUT2D eigenvalue weighted by Gasteiger charge is -2.12. The Labute approximate surface area is 147 Å². The summed E-state index contributed by atoms with van der Waals surface area (Å²) in [6.07, 6.45) is 2.17. The molecular weight excluding hydrogens is 348 g/mol. The Morgan fingerprint density at radius 3 is 2.84 bits per heavy atom. The molecule has 10 heteroatoms. The molecule has 0 bridgehead atoms. The van der Waals surface area contributed by atoms with Crippen molar-refractivity contribution in [3.05, 3.63) is 40.1 Å². The van der Waals surface area contributed by atoms with Gasteiger partial charge in [0.25, 0.3) is 5.69 Å². The molecule has 2 aromatic rings. The number of aromatic nitrogens is 2. The molecule has 1 aromatic heterocycles. The summed E-state index contributed by atoms with van der Waals surface area (Å²) in [5.74, 6) is 0.130. The third-order valence-corrected chi connectivity index (χ3v) is 3.54. The second-order valence-corrected chi connectivity index (χ2v) is 5.53. The third-order valence-electron chi connectivity index (χ3n) is 2.97. The van der Waals surface area contributed by atoms with Gasteiger partial charge in [-0.05, 0) is 31.7 Å². The molecule has 25 heavy (non-hydrogen) atoms. The van der Waals surface area contributed by atoms with E-state index >= 15 is 0 Å². The van der Waals surface area contributed by atoms with E-state index in [0.717, 1.165) is 5.56 Å². The normalized spacial score (nSPS) is 10.2. The summed E-state index contributed by atoms with van der Waals surface area (Å²) < 4.78 is 9.78. The maximum absolute atomic E-state index is 11.6. The number of carbonyl (C=O) groups excluding carboxylic acids is 1. The van der Waals surface area contributed by atoms with Gasteiger partial charge in [0.2, 0.25) is 0 Å². The summed E-state index contributed by atoms with van der Waals surface area (Å²) in [4.78, 5) is 30.5. The van der Waals surface area contributed by atoms with Gasteiger partial charge in [-0.2, -0.15) is 0 Å². The number of hydrogen-bond donors (Lipinski definition) is 1. The van der Waals surface area contributed by atoms with Crippen LogP contribution in [-0.2, 0) is 4.74 Å². The van der Waals surface area contributed by atoms with Gasteiger partial charge in [-0.1, -0.05) is 17.8 Å². The summed E-state index contributed by atoms with van der Waals surface area (Å²) >= 11 is 1.28. The van der Waals surface area contributed by atoms with Crippen LogP contribution < -0.4 is 10.1 Å². The lowest BCUT2D eigenvalue weighted by atomic mass is 10.2. The van der Waals surface area contributed by atoms with Crippen molar-refractivity contribution < 1.29 is 19.2 Å². The number of benzene rings is 1. The number of carbonyl (C=O) groups is 1. The highest BCUT2D eigenvalue weighted by molar-refractivity contribution is 7.98. The first kappa shape index (κ1) is 18.5. The van der Waals surface area contributed by atoms with E-state index in [9.17, 15) is 14.9 Å². The largest absolute Gasteiger partial charge is 0.514 e. The fourth-order valence-corrected chi connectivity index (χ4v) is 2.22. The van der Waals surface area contributed by atoms with Crippen molar-refractivity contribution in [1.82, 2.24) is 9.97 Å². The van der Waals surface area contributed by atoms with Gasteiger partial charge >= 0.3 is 6.16 Å². The summed E-state index contributed by atoms with van der Waals surface area (Å²) in [5, 5.41) is 14.5. The van der Waals surface area contributed by atoms with Crippen molar-refractivity contribution in [3.63, 3.8) is 0 Å². The lowest BCUT2D eigenvalue weighted by Crippen LogP contribution is -2.12. The zero-order chi connectivity index (χ0) is 18.4. The minimum Gasteiger partial charge on any atom is -0.434 e. The summed E-state index contributed by atoms with van der Waals surface area (Å²) in [6, 6.07) is 4.71. The Morgan fingerprint density at radius 2 is 2.20 bits per heavy atom. The molecule has 0 aliphatic heterocycles. The SMILES string of the molecule is CCOC(=O)Oc1cnc(SC)nc1Nc1ccc(C)cc1[N+](=O)[O-]. The average Bonchev–Trinajstić information content (AvgIpc) is 2.58. The Bertz CT molecular complexity index is 799. The van der Waals surface area contributed by atoms with Gasteiger partial charge in [-0.25, -0.2) is 14.8 Å². The van der Waals surface area contributed by atoms with Crippen LogP contribution in [0.2, 0.25) is 0 Å². The molecule has 2 rings (SSSR count). The van der Waals surface area contributed by atoms with Crippen LogP contribution in [0.25, 0.3) is 0 Å². The first-order chi connectivity index (χ1) is 11.9. The molecule has 0 amide bonds. The van der Waals surface area contributed by atoms with Crippen molar-refractivity contribution in [3.8, 4) is 5.75 Å². The molecule has 0 fully saturated rings. The summed E-state index contributed by atoms with van der Waals surface area (Å²) in [6.45, 7) is 3.54. The number of rotatable bonds is 6. The van der Waals surface area contributed by atoms with Crippen molar-refractivity contribution in [2.45, 2.75) is 19.0 Å². The van der Waals surface area contributed by atoms with Crippen LogP contribution in [0.1, 0.15) is 12.5 Å². The topological polar surface area (TPSA) is 116 Å². The van der Waals surface area contributed by atoms with E-state index in [1.54, 1.807) is 32.2 Å². The van der Waals surface area contributed by atoms with Crippen LogP contribution in [0.5, 0.6) is 5.75 Å². The molecule has 0 radical (unpaired) electrons. The first-order valence-electron chi connectivity index (χ1n) is 7.22. The predicted molar refractivity (Wildman–Crippen MR) is 92.6 cm³/mol. The van der Waals surface area contributed by atoms with Gasteiger partial charge in [-0.3, -0.25) is 10.1 Å². The summed E-state index contributed by atoms with van der Waals surface area (Å²) in [5.41, 5.74) is 0.842. The molecular formula is C15H16N4O5S. The van der Waals surface area contributed by atoms with Crippen molar-refractivity contribution in [2.24, 2.45) is 0 Å². The van der Waals surface area contributed by atoms with E-state index in [-0.39, 0.29) is 29.5 Å². The highest BCUT2D eigenvalue weighted by Gasteiger charge is 2.19. The molecule has 0 saturated heterocycles. The number of nitro groups is 1. The van der Waals surface area contributed by atoms with Crippen LogP contribution >= 0.6 is 11.8 Å². The molecule has 0 saturated carbocycles. The molecule has 0 atom stereocenters. The van der Waals surface area contributed by atoms with Gasteiger partial charge in [0.1, 0.15) is 5.69 Å². The fraction of sp³-hybridized carbons (Fsp3) is 0.267. The zero-order valence-corrected chi connectivity index (χ0v) is 14.6. The van der Waals surface area contributed by atoms with Crippen LogP contribution in [0, 0.1) is 17.0 Å². The number of nitrogens with one attached hydrogen (secondary N) is 1. The van der Waals surface area contributed by atoms with Gasteiger partial charge in [0, 0.05) is 6.07 Å². The van der Waals surface area contributed by atoms with E-state index in [1.807, 2.05) is 0 Å². The van der Waals surface area contributed by atoms with Crippen molar-refractivity contribution >= 4 is 35.1 Å². The van der Waals surface area contributed by atoms with E-state index in [4.69, 9.17) is 9.47 Å². The van der Waals surface area contributed by atoms with E-state index in [1.165, 1.54) is 24.0 Å². The van der Waals surface area contributed by atoms with Crippen LogP contribution in [0.3, 0.4) is 0 Å². The second kappa shape index (κ2) is 8.29. The predicted octanol–water partition coefficient (Wildman–Crippen LogP) is 3.69. The first-order valence-corrected chi connectivity index (χ1v) is 8.44. The monoisotopic (exact) mass is 364 g/mol. The number of ether oxygens (including phenoxy) is 2. The quantitative estimate of drug-likeness (QED) is 0.269. The Morgan fingerprint density at radius 1 is 1.44 bits per heavy atom. The second-order valence-electron chi connectivity index (χ2n) is 4.76. The molecule has 1 heterocycles. The Hall–Kier alpha value is -2.88. The van der Waals surface area contributed by atoms with E-state index in [2.05, 4.69) is 15.3 Å². The number of thioether (sulfide) groups is 1. The number of aryl methyl sites for hydroxylation is 1. The molecule has 0 spiro atoms. The Balaban J connectivity index is 2.40. The highest BCUT2D eigenvalue weighted by Crippen LogP contribution is 2.32. The van der Waals surface area contributed by atoms with E-state index in [0.29, 0.717) is 5.16 Å². The molecule has 1 aromatic carbocycles. The Kier molecular flexibility index (Phi) is 6.12. The van der Waals surface area contributed by atoms with Gasteiger partial charge < -0.3 is 14.8 Å². The standard InChI is InChI=1S/C15H16N4O5S/c1-4-23-15(20)24-12-8-16-14(25-3)18-13(12)17-10-6-5-9(2)7-11(10)19(21)22/h5-8H,4H2,1-3H3,(H,16,17,18).